The SMILES string of the molecule is CCc1cccc(-c2n[nH]c3c2CCNC3)c1. The molecule has 3 rings (SSSR count). The van der Waals surface area contributed by atoms with Crippen molar-refractivity contribution < 1.29 is 0 Å². The van der Waals surface area contributed by atoms with E-state index in [1.54, 1.807) is 0 Å². The Balaban J connectivity index is 2.05. The fraction of sp³-hybridized carbons (Fsp3) is 0.357. The highest BCUT2D eigenvalue weighted by Gasteiger charge is 2.17. The first-order valence-electron chi connectivity index (χ1n) is 6.24. The molecule has 2 heterocycles. The second-order valence-electron chi connectivity index (χ2n) is 4.51. The van der Waals surface area contributed by atoms with Crippen LogP contribution in [0.15, 0.2) is 24.3 Å². The summed E-state index contributed by atoms with van der Waals surface area (Å²) in [6, 6.07) is 8.69. The van der Waals surface area contributed by atoms with E-state index >= 15 is 0 Å². The molecule has 0 atom stereocenters. The summed E-state index contributed by atoms with van der Waals surface area (Å²) in [5.41, 5.74) is 6.37. The lowest BCUT2D eigenvalue weighted by atomic mass is 9.99. The summed E-state index contributed by atoms with van der Waals surface area (Å²) in [5, 5.41) is 11.0. The van der Waals surface area contributed by atoms with Gasteiger partial charge in [-0.1, -0.05) is 25.1 Å². The average Bonchev–Trinajstić information content (AvgIpc) is 2.82. The van der Waals surface area contributed by atoms with Crippen LogP contribution in [0.4, 0.5) is 0 Å². The molecule has 17 heavy (non-hydrogen) atoms. The Kier molecular flexibility index (Phi) is 2.69. The molecule has 0 amide bonds. The van der Waals surface area contributed by atoms with Gasteiger partial charge in [0.1, 0.15) is 0 Å². The zero-order chi connectivity index (χ0) is 11.7. The average molecular weight is 227 g/mol. The number of fused-ring (bicyclic) bond motifs is 1. The summed E-state index contributed by atoms with van der Waals surface area (Å²) < 4.78 is 0. The van der Waals surface area contributed by atoms with Crippen molar-refractivity contribution in [1.29, 1.82) is 0 Å². The van der Waals surface area contributed by atoms with Crippen molar-refractivity contribution in [1.82, 2.24) is 15.5 Å². The molecule has 88 valence electrons. The van der Waals surface area contributed by atoms with Crippen LogP contribution < -0.4 is 5.32 Å². The fourth-order valence-corrected chi connectivity index (χ4v) is 2.42. The van der Waals surface area contributed by atoms with Crippen molar-refractivity contribution >= 4 is 0 Å². The van der Waals surface area contributed by atoms with E-state index in [9.17, 15) is 0 Å². The van der Waals surface area contributed by atoms with Gasteiger partial charge < -0.3 is 5.32 Å². The maximum Gasteiger partial charge on any atom is 0.0956 e. The lowest BCUT2D eigenvalue weighted by Gasteiger charge is -2.13. The van der Waals surface area contributed by atoms with Crippen molar-refractivity contribution in [2.45, 2.75) is 26.3 Å². The molecule has 2 aromatic rings. The molecule has 3 nitrogen and oxygen atoms in total. The highest BCUT2D eigenvalue weighted by atomic mass is 15.1. The van der Waals surface area contributed by atoms with E-state index in [4.69, 9.17) is 0 Å². The van der Waals surface area contributed by atoms with Gasteiger partial charge in [0.2, 0.25) is 0 Å². The molecule has 1 aliphatic heterocycles. The van der Waals surface area contributed by atoms with E-state index in [0.29, 0.717) is 0 Å². The quantitative estimate of drug-likeness (QED) is 0.826. The van der Waals surface area contributed by atoms with Crippen LogP contribution in [0.5, 0.6) is 0 Å². The minimum Gasteiger partial charge on any atom is -0.311 e. The van der Waals surface area contributed by atoms with Gasteiger partial charge in [0.25, 0.3) is 0 Å². The van der Waals surface area contributed by atoms with E-state index in [1.165, 1.54) is 22.4 Å². The van der Waals surface area contributed by atoms with Gasteiger partial charge in [-0.3, -0.25) is 5.10 Å². The van der Waals surface area contributed by atoms with E-state index < -0.39 is 0 Å². The Bertz CT molecular complexity index is 528. The first-order chi connectivity index (χ1) is 8.38. The number of aromatic nitrogens is 2. The topological polar surface area (TPSA) is 40.7 Å². The molecule has 0 saturated heterocycles. The third-order valence-corrected chi connectivity index (χ3v) is 3.42. The maximum absolute atomic E-state index is 4.48. The largest absolute Gasteiger partial charge is 0.311 e. The van der Waals surface area contributed by atoms with Gasteiger partial charge in [-0.15, -0.1) is 0 Å². The molecule has 0 unspecified atom stereocenters. The van der Waals surface area contributed by atoms with Crippen molar-refractivity contribution in [3.05, 3.63) is 41.1 Å². The van der Waals surface area contributed by atoms with Crippen LogP contribution in [0.3, 0.4) is 0 Å². The number of aromatic amines is 1. The predicted octanol–water partition coefficient (Wildman–Crippen LogP) is 2.28. The van der Waals surface area contributed by atoms with Gasteiger partial charge >= 0.3 is 0 Å². The number of aryl methyl sites for hydroxylation is 1. The van der Waals surface area contributed by atoms with Crippen LogP contribution in [0.2, 0.25) is 0 Å². The molecule has 1 aliphatic rings. The monoisotopic (exact) mass is 227 g/mol. The first-order valence-corrected chi connectivity index (χ1v) is 6.24. The molecule has 0 bridgehead atoms. The van der Waals surface area contributed by atoms with Crippen LogP contribution in [0, 0.1) is 0 Å². The van der Waals surface area contributed by atoms with E-state index in [-0.39, 0.29) is 0 Å². The number of H-pyrrole nitrogens is 1. The Morgan fingerprint density at radius 1 is 1.35 bits per heavy atom. The maximum atomic E-state index is 4.48. The summed E-state index contributed by atoms with van der Waals surface area (Å²) in [6.45, 7) is 4.14. The van der Waals surface area contributed by atoms with Crippen LogP contribution in [0.1, 0.15) is 23.7 Å². The van der Waals surface area contributed by atoms with Crippen LogP contribution >= 0.6 is 0 Å². The van der Waals surface area contributed by atoms with E-state index in [2.05, 4.69) is 46.7 Å². The summed E-state index contributed by atoms with van der Waals surface area (Å²) >= 11 is 0. The summed E-state index contributed by atoms with van der Waals surface area (Å²) in [7, 11) is 0. The lowest BCUT2D eigenvalue weighted by molar-refractivity contribution is 0.633. The summed E-state index contributed by atoms with van der Waals surface area (Å²) in [4.78, 5) is 0. The molecule has 1 aromatic carbocycles. The Morgan fingerprint density at radius 2 is 2.29 bits per heavy atom. The number of rotatable bonds is 2. The van der Waals surface area contributed by atoms with Gasteiger partial charge in [0.05, 0.1) is 11.4 Å². The molecule has 0 radical (unpaired) electrons. The Hall–Kier alpha value is -1.61. The van der Waals surface area contributed by atoms with Gasteiger partial charge in [-0.2, -0.15) is 5.10 Å². The number of nitrogens with one attached hydrogen (secondary N) is 2. The molecule has 0 aliphatic carbocycles. The molecular formula is C14H17N3. The van der Waals surface area contributed by atoms with E-state index in [0.717, 1.165) is 31.6 Å². The van der Waals surface area contributed by atoms with Crippen LogP contribution in [0.25, 0.3) is 11.3 Å². The molecule has 0 saturated carbocycles. The first kappa shape index (κ1) is 10.5. The van der Waals surface area contributed by atoms with Gasteiger partial charge in [-0.25, -0.2) is 0 Å². The van der Waals surface area contributed by atoms with Crippen molar-refractivity contribution in [3.63, 3.8) is 0 Å². The standard InChI is InChI=1S/C14H17N3/c1-2-10-4-3-5-11(8-10)14-12-6-7-15-9-13(12)16-17-14/h3-5,8,15H,2,6-7,9H2,1H3,(H,16,17). The Morgan fingerprint density at radius 3 is 3.18 bits per heavy atom. The second kappa shape index (κ2) is 4.34. The molecule has 0 fully saturated rings. The van der Waals surface area contributed by atoms with Crippen molar-refractivity contribution in [2.75, 3.05) is 6.54 Å². The summed E-state index contributed by atoms with van der Waals surface area (Å²) in [6.07, 6.45) is 2.14. The highest BCUT2D eigenvalue weighted by molar-refractivity contribution is 5.65. The third-order valence-electron chi connectivity index (χ3n) is 3.42. The van der Waals surface area contributed by atoms with Crippen molar-refractivity contribution in [3.8, 4) is 11.3 Å². The fourth-order valence-electron chi connectivity index (χ4n) is 2.42. The van der Waals surface area contributed by atoms with Gasteiger partial charge in [0.15, 0.2) is 0 Å². The zero-order valence-electron chi connectivity index (χ0n) is 10.1. The van der Waals surface area contributed by atoms with Crippen molar-refractivity contribution in [2.24, 2.45) is 0 Å². The minimum absolute atomic E-state index is 0.913. The number of hydrogen-bond donors (Lipinski definition) is 2. The van der Waals surface area contributed by atoms with Gasteiger partial charge in [0, 0.05) is 17.7 Å². The smallest absolute Gasteiger partial charge is 0.0956 e. The molecular weight excluding hydrogens is 210 g/mol. The number of benzene rings is 1. The van der Waals surface area contributed by atoms with Crippen LogP contribution in [-0.2, 0) is 19.4 Å². The van der Waals surface area contributed by atoms with Gasteiger partial charge in [-0.05, 0) is 31.0 Å². The third kappa shape index (κ3) is 1.87. The normalized spacial score (nSPS) is 14.6. The minimum atomic E-state index is 0.913. The molecule has 2 N–H and O–H groups in total. The Labute approximate surface area is 101 Å². The van der Waals surface area contributed by atoms with Crippen LogP contribution in [-0.4, -0.2) is 16.7 Å². The predicted molar refractivity (Wildman–Crippen MR) is 68.8 cm³/mol. The van der Waals surface area contributed by atoms with E-state index in [1.807, 2.05) is 0 Å². The second-order valence-corrected chi connectivity index (χ2v) is 4.51. The lowest BCUT2D eigenvalue weighted by Crippen LogP contribution is -2.23. The summed E-state index contributed by atoms with van der Waals surface area (Å²) in [5.74, 6) is 0. The molecule has 3 heteroatoms. The molecule has 0 spiro atoms. The highest BCUT2D eigenvalue weighted by Crippen LogP contribution is 2.26. The zero-order valence-corrected chi connectivity index (χ0v) is 10.1. The number of nitrogens with zero attached hydrogens (tertiary/aromatic N) is 1. The number of hydrogen-bond acceptors (Lipinski definition) is 2. The molecule has 1 aromatic heterocycles.